The van der Waals surface area contributed by atoms with Crippen LogP contribution in [0.3, 0.4) is 0 Å². The van der Waals surface area contributed by atoms with Crippen LogP contribution in [0.2, 0.25) is 0 Å². The van der Waals surface area contributed by atoms with Crippen molar-refractivity contribution in [3.05, 3.63) is 30.4 Å². The lowest BCUT2D eigenvalue weighted by molar-refractivity contribution is -0.122. The van der Waals surface area contributed by atoms with Gasteiger partial charge in [0.25, 0.3) is 0 Å². The Morgan fingerprint density at radius 1 is 1.48 bits per heavy atom. The molecule has 134 valence electrons. The molecule has 1 amide bonds. The largest absolute Gasteiger partial charge is 0.355 e. The fourth-order valence-electron chi connectivity index (χ4n) is 2.99. The Hall–Kier alpha value is -2.32. The number of amides is 1. The molecular formula is C17H25N7O. The average molecular weight is 343 g/mol. The van der Waals surface area contributed by atoms with Crippen LogP contribution in [0.5, 0.6) is 0 Å². The first kappa shape index (κ1) is 17.5. The van der Waals surface area contributed by atoms with Crippen LogP contribution in [-0.4, -0.2) is 82.2 Å². The second-order valence-corrected chi connectivity index (χ2v) is 6.59. The second-order valence-electron chi connectivity index (χ2n) is 6.59. The molecule has 0 aliphatic carbocycles. The lowest BCUT2D eigenvalue weighted by atomic mass is 10.2. The number of nitrogens with zero attached hydrogens (tertiary/aromatic N) is 5. The van der Waals surface area contributed by atoms with Crippen molar-refractivity contribution in [1.82, 2.24) is 35.3 Å². The molecule has 1 aliphatic heterocycles. The molecule has 3 heterocycles. The smallest absolute Gasteiger partial charge is 0.234 e. The van der Waals surface area contributed by atoms with Crippen LogP contribution < -0.4 is 5.32 Å². The molecule has 0 saturated carbocycles. The Balaban J connectivity index is 1.40. The monoisotopic (exact) mass is 343 g/mol. The van der Waals surface area contributed by atoms with E-state index in [-0.39, 0.29) is 5.91 Å². The molecule has 2 aromatic rings. The van der Waals surface area contributed by atoms with Gasteiger partial charge in [0.1, 0.15) is 5.82 Å². The van der Waals surface area contributed by atoms with Crippen LogP contribution in [0, 0.1) is 0 Å². The highest BCUT2D eigenvalue weighted by Crippen LogP contribution is 2.13. The predicted octanol–water partition coefficient (Wildman–Crippen LogP) is 0.161. The molecule has 1 fully saturated rings. The number of likely N-dealkylation sites (tertiary alicyclic amines) is 1. The summed E-state index contributed by atoms with van der Waals surface area (Å²) in [6.45, 7) is 2.94. The van der Waals surface area contributed by atoms with E-state index in [0.29, 0.717) is 31.4 Å². The number of aromatic nitrogens is 4. The molecule has 1 aliphatic rings. The lowest BCUT2D eigenvalue weighted by Crippen LogP contribution is -2.38. The maximum Gasteiger partial charge on any atom is 0.234 e. The third-order valence-electron chi connectivity index (χ3n) is 4.48. The topological polar surface area (TPSA) is 90.0 Å². The van der Waals surface area contributed by atoms with Crippen LogP contribution in [0.25, 0.3) is 11.4 Å². The number of nitrogens with one attached hydrogen (secondary N) is 2. The van der Waals surface area contributed by atoms with Crippen molar-refractivity contribution in [2.75, 3.05) is 40.3 Å². The lowest BCUT2D eigenvalue weighted by Gasteiger charge is -2.20. The summed E-state index contributed by atoms with van der Waals surface area (Å²) in [5.41, 5.74) is 0.874. The highest BCUT2D eigenvalue weighted by atomic mass is 16.2. The first-order chi connectivity index (χ1) is 12.1. The number of hydrogen-bond acceptors (Lipinski definition) is 6. The Morgan fingerprint density at radius 2 is 2.36 bits per heavy atom. The van der Waals surface area contributed by atoms with Gasteiger partial charge >= 0.3 is 0 Å². The van der Waals surface area contributed by atoms with E-state index in [0.717, 1.165) is 30.9 Å². The predicted molar refractivity (Wildman–Crippen MR) is 94.9 cm³/mol. The zero-order chi connectivity index (χ0) is 17.6. The normalized spacial score (nSPS) is 18.0. The van der Waals surface area contributed by atoms with Gasteiger partial charge in [0, 0.05) is 50.1 Å². The van der Waals surface area contributed by atoms with Crippen LogP contribution in [0.15, 0.2) is 24.5 Å². The Bertz CT molecular complexity index is 685. The van der Waals surface area contributed by atoms with Gasteiger partial charge in [0.15, 0.2) is 5.82 Å². The average Bonchev–Trinajstić information content (AvgIpc) is 3.25. The minimum absolute atomic E-state index is 0.0615. The van der Waals surface area contributed by atoms with E-state index in [4.69, 9.17) is 0 Å². The van der Waals surface area contributed by atoms with Crippen molar-refractivity contribution < 1.29 is 4.79 Å². The van der Waals surface area contributed by atoms with E-state index in [1.54, 1.807) is 12.4 Å². The SMILES string of the molecule is CN(C)[C@@H]1CCN(CC(=O)NCCc2nc(-c3cccnc3)n[nH]2)C1. The summed E-state index contributed by atoms with van der Waals surface area (Å²) in [4.78, 5) is 25.0. The van der Waals surface area contributed by atoms with Crippen molar-refractivity contribution in [3.63, 3.8) is 0 Å². The van der Waals surface area contributed by atoms with Crippen molar-refractivity contribution in [2.24, 2.45) is 0 Å². The standard InChI is InChI=1S/C17H25N7O/c1-23(2)14-6-9-24(11-14)12-16(25)19-8-5-15-20-17(22-21-15)13-4-3-7-18-10-13/h3-4,7,10,14H,5-6,8-9,11-12H2,1-2H3,(H,19,25)(H,20,21,22)/t14-/m1/s1. The van der Waals surface area contributed by atoms with Gasteiger partial charge in [-0.1, -0.05) is 0 Å². The molecule has 25 heavy (non-hydrogen) atoms. The van der Waals surface area contributed by atoms with E-state index >= 15 is 0 Å². The Kier molecular flexibility index (Phi) is 5.72. The van der Waals surface area contributed by atoms with E-state index in [1.165, 1.54) is 0 Å². The minimum atomic E-state index is 0.0615. The molecule has 2 aromatic heterocycles. The van der Waals surface area contributed by atoms with Crippen LogP contribution in [0.4, 0.5) is 0 Å². The summed E-state index contributed by atoms with van der Waals surface area (Å²) in [5, 5.41) is 10.1. The third-order valence-corrected chi connectivity index (χ3v) is 4.48. The number of hydrogen-bond donors (Lipinski definition) is 2. The molecule has 8 heteroatoms. The quantitative estimate of drug-likeness (QED) is 0.744. The van der Waals surface area contributed by atoms with Crippen molar-refractivity contribution in [3.8, 4) is 11.4 Å². The molecule has 1 atom stereocenters. The van der Waals surface area contributed by atoms with Gasteiger partial charge in [0.2, 0.25) is 5.91 Å². The number of likely N-dealkylation sites (N-methyl/N-ethyl adjacent to an activating group) is 1. The maximum atomic E-state index is 12.1. The second kappa shape index (κ2) is 8.17. The van der Waals surface area contributed by atoms with Gasteiger partial charge < -0.3 is 10.2 Å². The van der Waals surface area contributed by atoms with Crippen molar-refractivity contribution >= 4 is 5.91 Å². The summed E-state index contributed by atoms with van der Waals surface area (Å²) in [7, 11) is 4.18. The minimum Gasteiger partial charge on any atom is -0.355 e. The number of pyridine rings is 1. The van der Waals surface area contributed by atoms with E-state index in [2.05, 4.69) is 49.4 Å². The van der Waals surface area contributed by atoms with Gasteiger partial charge in [-0.15, -0.1) is 0 Å². The van der Waals surface area contributed by atoms with Gasteiger partial charge in [-0.3, -0.25) is 19.8 Å². The van der Waals surface area contributed by atoms with Crippen LogP contribution >= 0.6 is 0 Å². The summed E-state index contributed by atoms with van der Waals surface area (Å²) in [6.07, 6.45) is 5.19. The van der Waals surface area contributed by atoms with Gasteiger partial charge in [0.05, 0.1) is 6.54 Å². The molecule has 3 rings (SSSR count). The molecule has 0 unspecified atom stereocenters. The molecule has 0 spiro atoms. The number of carbonyl (C=O) groups excluding carboxylic acids is 1. The number of carbonyl (C=O) groups is 1. The number of H-pyrrole nitrogens is 1. The van der Waals surface area contributed by atoms with Crippen LogP contribution in [-0.2, 0) is 11.2 Å². The molecule has 1 saturated heterocycles. The summed E-state index contributed by atoms with van der Waals surface area (Å²) < 4.78 is 0. The highest BCUT2D eigenvalue weighted by Gasteiger charge is 2.25. The van der Waals surface area contributed by atoms with Crippen molar-refractivity contribution in [2.45, 2.75) is 18.9 Å². The van der Waals surface area contributed by atoms with Gasteiger partial charge in [-0.05, 0) is 32.6 Å². The number of aromatic amines is 1. The molecule has 8 nitrogen and oxygen atoms in total. The van der Waals surface area contributed by atoms with Crippen LogP contribution in [0.1, 0.15) is 12.2 Å². The maximum absolute atomic E-state index is 12.1. The zero-order valence-corrected chi connectivity index (χ0v) is 14.8. The van der Waals surface area contributed by atoms with E-state index in [9.17, 15) is 4.79 Å². The zero-order valence-electron chi connectivity index (χ0n) is 14.8. The molecular weight excluding hydrogens is 318 g/mol. The number of rotatable bonds is 7. The van der Waals surface area contributed by atoms with Gasteiger partial charge in [-0.2, -0.15) is 5.10 Å². The van der Waals surface area contributed by atoms with Crippen molar-refractivity contribution in [1.29, 1.82) is 0 Å². The summed E-state index contributed by atoms with van der Waals surface area (Å²) in [6, 6.07) is 4.32. The fourth-order valence-corrected chi connectivity index (χ4v) is 2.99. The molecule has 0 bridgehead atoms. The molecule has 2 N–H and O–H groups in total. The first-order valence-electron chi connectivity index (χ1n) is 8.59. The van der Waals surface area contributed by atoms with Gasteiger partial charge in [-0.25, -0.2) is 4.98 Å². The summed E-state index contributed by atoms with van der Waals surface area (Å²) in [5.74, 6) is 1.45. The van der Waals surface area contributed by atoms with E-state index in [1.807, 2.05) is 12.1 Å². The summed E-state index contributed by atoms with van der Waals surface area (Å²) >= 11 is 0. The molecule has 0 aromatic carbocycles. The highest BCUT2D eigenvalue weighted by molar-refractivity contribution is 5.78. The Labute approximate surface area is 147 Å². The van der Waals surface area contributed by atoms with E-state index < -0.39 is 0 Å². The molecule has 0 radical (unpaired) electrons. The third kappa shape index (κ3) is 4.83. The Morgan fingerprint density at radius 3 is 3.08 bits per heavy atom. The fraction of sp³-hybridized carbons (Fsp3) is 0.529. The first-order valence-corrected chi connectivity index (χ1v) is 8.59.